The number of carbonyl (C=O) groups excluding carboxylic acids is 1. The monoisotopic (exact) mass is 888 g/mol. The zero-order valence-corrected chi connectivity index (χ0v) is 39.0. The molecule has 13 heteroatoms. The molecule has 1 rings (SSSR count). The van der Waals surface area contributed by atoms with Crippen LogP contribution in [0.4, 0.5) is 0 Å². The van der Waals surface area contributed by atoms with Crippen LogP contribution in [0.25, 0.3) is 0 Å². The molecule has 0 radical (unpaired) electrons. The highest BCUT2D eigenvalue weighted by Gasteiger charge is 2.48. The number of unbranched alkanes of at least 4 members (excludes halogenated alkanes) is 25. The van der Waals surface area contributed by atoms with Crippen molar-refractivity contribution in [2.75, 3.05) is 13.2 Å². The Morgan fingerprint density at radius 3 is 1.56 bits per heavy atom. The summed E-state index contributed by atoms with van der Waals surface area (Å²) in [5.41, 5.74) is 0. The van der Waals surface area contributed by atoms with Gasteiger partial charge in [-0.05, 0) is 51.4 Å². The van der Waals surface area contributed by atoms with Gasteiger partial charge < -0.3 is 35.2 Å². The van der Waals surface area contributed by atoms with Gasteiger partial charge in [-0.3, -0.25) is 9.35 Å². The SMILES string of the molecule is CCCCCCCCCC/C=C\C/C=C\CCCCCCCCC(=O)N[C@@H](COC1OC(CO)C(O)C(OS(=O)(=O)O)C1O)[C@H](O)/C=C/CCCCCCCCCCCCC. The molecule has 61 heavy (non-hydrogen) atoms. The second kappa shape index (κ2) is 38.8. The smallest absolute Gasteiger partial charge is 0.394 e. The lowest BCUT2D eigenvalue weighted by Crippen LogP contribution is -2.61. The number of hydrogen-bond donors (Lipinski definition) is 6. The second-order valence-corrected chi connectivity index (χ2v) is 18.1. The Labute approximate surface area is 371 Å². The largest absolute Gasteiger partial charge is 0.397 e. The van der Waals surface area contributed by atoms with Crippen LogP contribution in [0.3, 0.4) is 0 Å². The lowest BCUT2D eigenvalue weighted by Gasteiger charge is -2.41. The maximum absolute atomic E-state index is 13.0. The lowest BCUT2D eigenvalue weighted by atomic mass is 9.99. The predicted molar refractivity (Wildman–Crippen MR) is 245 cm³/mol. The number of hydrogen-bond acceptors (Lipinski definition) is 10. The molecular weight excluding hydrogens is 799 g/mol. The summed E-state index contributed by atoms with van der Waals surface area (Å²) in [5, 5.41) is 44.7. The first-order valence-corrected chi connectivity index (χ1v) is 25.7. The van der Waals surface area contributed by atoms with Crippen molar-refractivity contribution in [3.05, 3.63) is 36.5 Å². The van der Waals surface area contributed by atoms with Crippen LogP contribution in [0.5, 0.6) is 0 Å². The molecule has 0 saturated carbocycles. The Morgan fingerprint density at radius 1 is 0.656 bits per heavy atom. The molecule has 6 N–H and O–H groups in total. The Morgan fingerprint density at radius 2 is 1.10 bits per heavy atom. The molecule has 0 spiro atoms. The first kappa shape index (κ1) is 57.3. The van der Waals surface area contributed by atoms with Crippen molar-refractivity contribution in [1.82, 2.24) is 5.32 Å². The summed E-state index contributed by atoms with van der Waals surface area (Å²) < 4.78 is 47.6. The van der Waals surface area contributed by atoms with Crippen molar-refractivity contribution in [3.8, 4) is 0 Å². The van der Waals surface area contributed by atoms with Gasteiger partial charge in [0.05, 0.1) is 25.4 Å². The summed E-state index contributed by atoms with van der Waals surface area (Å²) in [6, 6.07) is -0.948. The van der Waals surface area contributed by atoms with E-state index in [1.807, 2.05) is 6.08 Å². The summed E-state index contributed by atoms with van der Waals surface area (Å²) in [5.74, 6) is -0.273. The van der Waals surface area contributed by atoms with Gasteiger partial charge in [-0.1, -0.05) is 185 Å². The maximum Gasteiger partial charge on any atom is 0.397 e. The van der Waals surface area contributed by atoms with Gasteiger partial charge in [0.1, 0.15) is 24.4 Å². The zero-order chi connectivity index (χ0) is 44.8. The van der Waals surface area contributed by atoms with Crippen molar-refractivity contribution in [1.29, 1.82) is 0 Å². The molecule has 7 atom stereocenters. The van der Waals surface area contributed by atoms with Gasteiger partial charge in [0.25, 0.3) is 0 Å². The normalized spacial score (nSPS) is 20.9. The molecule has 0 aromatic carbocycles. The molecule has 1 amide bonds. The fourth-order valence-corrected chi connectivity index (χ4v) is 8.11. The highest BCUT2D eigenvalue weighted by molar-refractivity contribution is 7.80. The Hall–Kier alpha value is -1.68. The van der Waals surface area contributed by atoms with Crippen LogP contribution in [0.2, 0.25) is 0 Å². The van der Waals surface area contributed by atoms with E-state index in [9.17, 15) is 38.2 Å². The highest BCUT2D eigenvalue weighted by atomic mass is 32.3. The Bertz CT molecular complexity index is 1230. The van der Waals surface area contributed by atoms with Crippen molar-refractivity contribution < 1.29 is 51.8 Å². The lowest BCUT2D eigenvalue weighted by molar-refractivity contribution is -0.298. The average Bonchev–Trinajstić information content (AvgIpc) is 3.23. The van der Waals surface area contributed by atoms with Gasteiger partial charge >= 0.3 is 10.4 Å². The van der Waals surface area contributed by atoms with E-state index in [-0.39, 0.29) is 18.9 Å². The van der Waals surface area contributed by atoms with E-state index in [2.05, 4.69) is 47.7 Å². The molecule has 5 unspecified atom stereocenters. The Kier molecular flexibility index (Phi) is 36.4. The van der Waals surface area contributed by atoms with Crippen LogP contribution in [0.1, 0.15) is 206 Å². The van der Waals surface area contributed by atoms with Crippen LogP contribution in [-0.4, -0.2) is 95.4 Å². The molecule has 358 valence electrons. The third-order valence-electron chi connectivity index (χ3n) is 11.4. The van der Waals surface area contributed by atoms with E-state index in [0.29, 0.717) is 6.42 Å². The number of amides is 1. The molecule has 1 heterocycles. The summed E-state index contributed by atoms with van der Waals surface area (Å²) in [6.07, 6.45) is 37.5. The quantitative estimate of drug-likeness (QED) is 0.0195. The molecular formula is C48H89NO11S. The topological polar surface area (TPSA) is 192 Å². The average molecular weight is 888 g/mol. The standard InChI is InChI=1S/C48H89NO11S/c1-3-5-7-9-11-13-15-17-18-19-20-21-22-23-24-26-28-30-32-34-36-38-44(52)49-41(42(51)37-35-33-31-29-27-25-16-14-12-10-8-6-4-2)40-58-48-46(54)47(60-61(55,56)57)45(53)43(39-50)59-48/h19-20,22-23,35,37,41-43,45-48,50-51,53-54H,3-18,21,24-34,36,38-40H2,1-2H3,(H,49,52)(H,55,56,57)/b20-19-,23-22-,37-35+/t41-,42+,43?,45?,46?,47?,48?/m0/s1. The molecule has 1 aliphatic heterocycles. The molecule has 0 aliphatic carbocycles. The summed E-state index contributed by atoms with van der Waals surface area (Å²) in [6.45, 7) is 3.37. The van der Waals surface area contributed by atoms with Gasteiger partial charge in [0.2, 0.25) is 5.91 Å². The van der Waals surface area contributed by atoms with E-state index >= 15 is 0 Å². The molecule has 0 aromatic heterocycles. The molecule has 0 aromatic rings. The molecule has 1 aliphatic rings. The van der Waals surface area contributed by atoms with Gasteiger partial charge in [0.15, 0.2) is 6.29 Å². The number of rotatable bonds is 41. The van der Waals surface area contributed by atoms with Crippen LogP contribution in [0.15, 0.2) is 36.5 Å². The molecule has 0 bridgehead atoms. The number of aliphatic hydroxyl groups is 4. The fraction of sp³-hybridized carbons (Fsp3) is 0.854. The molecule has 12 nitrogen and oxygen atoms in total. The van der Waals surface area contributed by atoms with Gasteiger partial charge in [-0.15, -0.1) is 0 Å². The van der Waals surface area contributed by atoms with Gasteiger partial charge in [-0.2, -0.15) is 8.42 Å². The minimum absolute atomic E-state index is 0.257. The van der Waals surface area contributed by atoms with E-state index < -0.39 is 59.9 Å². The summed E-state index contributed by atoms with van der Waals surface area (Å²) >= 11 is 0. The van der Waals surface area contributed by atoms with Gasteiger partial charge in [0, 0.05) is 6.42 Å². The van der Waals surface area contributed by atoms with E-state index in [1.165, 1.54) is 116 Å². The maximum atomic E-state index is 13.0. The number of carbonyl (C=O) groups is 1. The minimum Gasteiger partial charge on any atom is -0.394 e. The number of allylic oxidation sites excluding steroid dienone is 5. The van der Waals surface area contributed by atoms with Crippen molar-refractivity contribution >= 4 is 16.3 Å². The highest BCUT2D eigenvalue weighted by Crippen LogP contribution is 2.26. The summed E-state index contributed by atoms with van der Waals surface area (Å²) in [4.78, 5) is 13.0. The van der Waals surface area contributed by atoms with E-state index in [0.717, 1.165) is 64.2 Å². The van der Waals surface area contributed by atoms with Gasteiger partial charge in [-0.25, -0.2) is 4.18 Å². The fourth-order valence-electron chi connectivity index (χ4n) is 7.60. The third kappa shape index (κ3) is 31.8. The molecule has 1 saturated heterocycles. The van der Waals surface area contributed by atoms with Crippen molar-refractivity contribution in [3.63, 3.8) is 0 Å². The molecule has 1 fully saturated rings. The van der Waals surface area contributed by atoms with Crippen LogP contribution < -0.4 is 5.32 Å². The van der Waals surface area contributed by atoms with Crippen LogP contribution >= 0.6 is 0 Å². The summed E-state index contributed by atoms with van der Waals surface area (Å²) in [7, 11) is -5.09. The van der Waals surface area contributed by atoms with Crippen LogP contribution in [-0.2, 0) is 28.9 Å². The van der Waals surface area contributed by atoms with Crippen molar-refractivity contribution in [2.24, 2.45) is 0 Å². The number of nitrogens with one attached hydrogen (secondary N) is 1. The van der Waals surface area contributed by atoms with E-state index in [4.69, 9.17) is 9.47 Å². The number of aliphatic hydroxyl groups excluding tert-OH is 4. The third-order valence-corrected chi connectivity index (χ3v) is 11.9. The second-order valence-electron chi connectivity index (χ2n) is 17.0. The van der Waals surface area contributed by atoms with Crippen LogP contribution in [0, 0.1) is 0 Å². The van der Waals surface area contributed by atoms with E-state index in [1.54, 1.807) is 6.08 Å². The minimum atomic E-state index is -5.09. The first-order chi connectivity index (χ1) is 29.5. The zero-order valence-electron chi connectivity index (χ0n) is 38.2. The number of ether oxygens (including phenoxy) is 2. The Balaban J connectivity index is 2.48. The van der Waals surface area contributed by atoms with Crippen molar-refractivity contribution in [2.45, 2.75) is 249 Å². The predicted octanol–water partition coefficient (Wildman–Crippen LogP) is 9.89. The first-order valence-electron chi connectivity index (χ1n) is 24.4.